The molecule has 0 bridgehead atoms. The number of aromatic carboxylic acids is 2. The zero-order valence-corrected chi connectivity index (χ0v) is 19.4. The maximum absolute atomic E-state index is 11.2. The first-order chi connectivity index (χ1) is 11.5. The Balaban J connectivity index is 2.72. The van der Waals surface area contributed by atoms with Gasteiger partial charge in [0.1, 0.15) is 0 Å². The third kappa shape index (κ3) is 4.02. The van der Waals surface area contributed by atoms with Crippen molar-refractivity contribution in [3.05, 3.63) is 64.4 Å². The molecule has 0 unspecified atom stereocenters. The molecule has 0 amide bonds. The van der Waals surface area contributed by atoms with Gasteiger partial charge in [0.25, 0.3) is 0 Å². The summed E-state index contributed by atoms with van der Waals surface area (Å²) in [5, 5.41) is 18.4. The molecule has 8 heteroatoms. The zero-order chi connectivity index (χ0) is 19.1. The zero-order valence-electron chi connectivity index (χ0n) is 13.0. The highest BCUT2D eigenvalue weighted by Crippen LogP contribution is 2.46. The molecule has 25 heavy (non-hydrogen) atoms. The topological polar surface area (TPSA) is 74.6 Å². The number of hydrogen-bond acceptors (Lipinski definition) is 2. The largest absolute Gasteiger partial charge is 0.478 e. The van der Waals surface area contributed by atoms with Crippen LogP contribution in [-0.2, 0) is 5.41 Å². The van der Waals surface area contributed by atoms with Crippen molar-refractivity contribution in [1.82, 2.24) is 0 Å². The molecule has 0 saturated heterocycles. The monoisotopic (exact) mass is 596 g/mol. The Morgan fingerprint density at radius 3 is 1.16 bits per heavy atom. The van der Waals surface area contributed by atoms with E-state index in [0.29, 0.717) is 17.9 Å². The van der Waals surface area contributed by atoms with Gasteiger partial charge in [-0.2, -0.15) is 0 Å². The molecular weight excluding hydrogens is 588 g/mol. The van der Waals surface area contributed by atoms with Crippen LogP contribution in [0.1, 0.15) is 45.7 Å². The van der Waals surface area contributed by atoms with Crippen molar-refractivity contribution in [2.45, 2.75) is 19.3 Å². The second kappa shape index (κ2) is 7.50. The van der Waals surface area contributed by atoms with E-state index < -0.39 is 17.4 Å². The summed E-state index contributed by atoms with van der Waals surface area (Å²) in [6, 6.07) is 6.21. The Kier molecular flexibility index (Phi) is 6.18. The first-order valence-electron chi connectivity index (χ1n) is 6.92. The third-order valence-corrected chi connectivity index (χ3v) is 6.33. The van der Waals surface area contributed by atoms with Gasteiger partial charge in [-0.1, -0.05) is 77.6 Å². The van der Waals surface area contributed by atoms with Gasteiger partial charge in [0.15, 0.2) is 0 Å². The molecule has 0 aliphatic heterocycles. The van der Waals surface area contributed by atoms with Gasteiger partial charge < -0.3 is 10.2 Å². The summed E-state index contributed by atoms with van der Waals surface area (Å²) < 4.78 is 2.58. The van der Waals surface area contributed by atoms with Crippen LogP contribution in [0.15, 0.2) is 42.2 Å². The van der Waals surface area contributed by atoms with Gasteiger partial charge in [-0.15, -0.1) is 0 Å². The standard InChI is InChI=1S/C17H12Br4O4/c1-17(2,13-9(18)3-7(15(22)23)4-10(13)19)14-11(20)5-8(16(24)25)6-12(14)21/h3-6H,1-2H3,(H,22,23)(H,24,25). The summed E-state index contributed by atoms with van der Waals surface area (Å²) in [4.78, 5) is 22.5. The minimum absolute atomic E-state index is 0.164. The van der Waals surface area contributed by atoms with E-state index in [-0.39, 0.29) is 11.1 Å². The number of carbonyl (C=O) groups is 2. The predicted octanol–water partition coefficient (Wildman–Crippen LogP) is 6.46. The van der Waals surface area contributed by atoms with E-state index in [9.17, 15) is 19.8 Å². The maximum atomic E-state index is 11.2. The minimum atomic E-state index is -1.01. The quantitative estimate of drug-likeness (QED) is 0.423. The molecular formula is C17H12Br4O4. The van der Waals surface area contributed by atoms with Crippen molar-refractivity contribution >= 4 is 75.7 Å². The lowest BCUT2D eigenvalue weighted by Crippen LogP contribution is -2.22. The Hall–Kier alpha value is -0.700. The summed E-state index contributed by atoms with van der Waals surface area (Å²) in [5.74, 6) is -2.03. The van der Waals surface area contributed by atoms with E-state index in [1.54, 1.807) is 24.3 Å². The SMILES string of the molecule is CC(C)(c1c(Br)cc(C(=O)O)cc1Br)c1c(Br)cc(C(=O)O)cc1Br. The van der Waals surface area contributed by atoms with Crippen molar-refractivity contribution in [2.75, 3.05) is 0 Å². The fourth-order valence-electron chi connectivity index (χ4n) is 2.71. The lowest BCUT2D eigenvalue weighted by atomic mass is 9.77. The van der Waals surface area contributed by atoms with Crippen LogP contribution in [0.4, 0.5) is 0 Å². The fraction of sp³-hybridized carbons (Fsp3) is 0.176. The molecule has 0 radical (unpaired) electrons. The second-order valence-corrected chi connectivity index (χ2v) is 9.28. The molecule has 0 heterocycles. The molecule has 2 aromatic rings. The van der Waals surface area contributed by atoms with Gasteiger partial charge in [0.05, 0.1) is 11.1 Å². The van der Waals surface area contributed by atoms with E-state index in [1.165, 1.54) is 0 Å². The Labute approximate surface area is 178 Å². The molecule has 132 valence electrons. The van der Waals surface area contributed by atoms with Crippen LogP contribution in [0, 0.1) is 0 Å². The summed E-state index contributed by atoms with van der Waals surface area (Å²) in [6.07, 6.45) is 0. The fourth-order valence-corrected chi connectivity index (χ4v) is 7.07. The summed E-state index contributed by atoms with van der Waals surface area (Å²) in [6.45, 7) is 3.95. The van der Waals surface area contributed by atoms with Crippen LogP contribution >= 0.6 is 63.7 Å². The predicted molar refractivity (Wildman–Crippen MR) is 110 cm³/mol. The highest BCUT2D eigenvalue weighted by molar-refractivity contribution is 9.11. The van der Waals surface area contributed by atoms with Crippen molar-refractivity contribution < 1.29 is 19.8 Å². The van der Waals surface area contributed by atoms with Crippen molar-refractivity contribution in [3.8, 4) is 0 Å². The van der Waals surface area contributed by atoms with Crippen LogP contribution in [0.5, 0.6) is 0 Å². The van der Waals surface area contributed by atoms with Crippen LogP contribution in [0.3, 0.4) is 0 Å². The summed E-state index contributed by atoms with van der Waals surface area (Å²) >= 11 is 13.9. The number of halogens is 4. The highest BCUT2D eigenvalue weighted by atomic mass is 79.9. The minimum Gasteiger partial charge on any atom is -0.478 e. The first-order valence-corrected chi connectivity index (χ1v) is 10.1. The van der Waals surface area contributed by atoms with E-state index in [1.807, 2.05) is 13.8 Å². The van der Waals surface area contributed by atoms with Crippen molar-refractivity contribution in [1.29, 1.82) is 0 Å². The van der Waals surface area contributed by atoms with Gasteiger partial charge in [0.2, 0.25) is 0 Å². The average Bonchev–Trinajstić information content (AvgIpc) is 2.44. The molecule has 0 aliphatic rings. The van der Waals surface area contributed by atoms with E-state index in [2.05, 4.69) is 63.7 Å². The Morgan fingerprint density at radius 2 is 0.960 bits per heavy atom. The van der Waals surface area contributed by atoms with Gasteiger partial charge in [-0.25, -0.2) is 9.59 Å². The molecule has 0 fully saturated rings. The molecule has 2 aromatic carbocycles. The second-order valence-electron chi connectivity index (χ2n) is 5.87. The van der Waals surface area contributed by atoms with Crippen LogP contribution in [0.25, 0.3) is 0 Å². The molecule has 0 spiro atoms. The van der Waals surface area contributed by atoms with E-state index >= 15 is 0 Å². The normalized spacial score (nSPS) is 11.4. The van der Waals surface area contributed by atoms with Gasteiger partial charge >= 0.3 is 11.9 Å². The maximum Gasteiger partial charge on any atom is 0.335 e. The molecule has 4 nitrogen and oxygen atoms in total. The number of carboxylic acid groups (broad SMARTS) is 2. The Morgan fingerprint density at radius 1 is 0.720 bits per heavy atom. The lowest BCUT2D eigenvalue weighted by Gasteiger charge is -2.31. The Bertz CT molecular complexity index is 773. The van der Waals surface area contributed by atoms with E-state index in [4.69, 9.17) is 0 Å². The van der Waals surface area contributed by atoms with Crippen LogP contribution in [0.2, 0.25) is 0 Å². The van der Waals surface area contributed by atoms with Gasteiger partial charge in [0, 0.05) is 23.3 Å². The number of benzene rings is 2. The molecule has 0 atom stereocenters. The van der Waals surface area contributed by atoms with Crippen molar-refractivity contribution in [2.24, 2.45) is 0 Å². The van der Waals surface area contributed by atoms with E-state index in [0.717, 1.165) is 11.1 Å². The highest BCUT2D eigenvalue weighted by Gasteiger charge is 2.33. The first kappa shape index (κ1) is 20.6. The smallest absolute Gasteiger partial charge is 0.335 e. The van der Waals surface area contributed by atoms with Crippen LogP contribution in [-0.4, -0.2) is 22.2 Å². The molecule has 2 N–H and O–H groups in total. The van der Waals surface area contributed by atoms with Gasteiger partial charge in [-0.3, -0.25) is 0 Å². The lowest BCUT2D eigenvalue weighted by molar-refractivity contribution is 0.0686. The summed E-state index contributed by atoms with van der Waals surface area (Å²) in [7, 11) is 0. The molecule has 0 saturated carbocycles. The molecule has 2 rings (SSSR count). The number of hydrogen-bond donors (Lipinski definition) is 2. The van der Waals surface area contributed by atoms with Gasteiger partial charge in [-0.05, 0) is 35.4 Å². The third-order valence-electron chi connectivity index (χ3n) is 3.83. The number of rotatable bonds is 4. The van der Waals surface area contributed by atoms with Crippen LogP contribution < -0.4 is 0 Å². The summed E-state index contributed by atoms with van der Waals surface area (Å²) in [5.41, 5.74) is 1.46. The molecule has 0 aliphatic carbocycles. The van der Waals surface area contributed by atoms with Crippen molar-refractivity contribution in [3.63, 3.8) is 0 Å². The molecule has 0 aromatic heterocycles. The number of carboxylic acids is 2. The average molecular weight is 600 g/mol.